The van der Waals surface area contributed by atoms with Crippen LogP contribution in [0.3, 0.4) is 0 Å². The largest absolute Gasteiger partial charge is 0.481 e. The zero-order valence-corrected chi connectivity index (χ0v) is 12.5. The molecule has 2 aliphatic rings. The number of carboxylic acid groups (broad SMARTS) is 1. The molecule has 1 aliphatic carbocycles. The van der Waals surface area contributed by atoms with Crippen molar-refractivity contribution in [2.24, 2.45) is 5.92 Å². The first-order chi connectivity index (χ1) is 9.99. The van der Waals surface area contributed by atoms with Crippen molar-refractivity contribution in [3.8, 4) is 0 Å². The lowest BCUT2D eigenvalue weighted by molar-refractivity contribution is -0.142. The van der Waals surface area contributed by atoms with Crippen LogP contribution in [0.5, 0.6) is 0 Å². The molecule has 1 heterocycles. The lowest BCUT2D eigenvalue weighted by Gasteiger charge is -2.27. The minimum Gasteiger partial charge on any atom is -0.481 e. The number of rotatable bonds is 4. The van der Waals surface area contributed by atoms with Crippen LogP contribution in [0.15, 0.2) is 24.3 Å². The molecule has 2 fully saturated rings. The molecular weight excluding hydrogens is 266 g/mol. The number of carbonyl (C=O) groups is 2. The summed E-state index contributed by atoms with van der Waals surface area (Å²) in [6, 6.07) is 8.02. The minimum absolute atomic E-state index is 0.0113. The summed E-state index contributed by atoms with van der Waals surface area (Å²) in [5.74, 6) is -1.06. The van der Waals surface area contributed by atoms with E-state index in [0.717, 1.165) is 18.4 Å². The number of hydrogen-bond acceptors (Lipinski definition) is 2. The van der Waals surface area contributed by atoms with Crippen molar-refractivity contribution in [1.29, 1.82) is 0 Å². The fourth-order valence-corrected chi connectivity index (χ4v) is 3.23. The molecule has 1 saturated carbocycles. The van der Waals surface area contributed by atoms with Crippen molar-refractivity contribution in [2.75, 3.05) is 0 Å². The summed E-state index contributed by atoms with van der Waals surface area (Å²) in [7, 11) is 0. The molecule has 112 valence electrons. The van der Waals surface area contributed by atoms with E-state index in [4.69, 9.17) is 0 Å². The molecule has 4 heteroatoms. The number of likely N-dealkylation sites (tertiary alicyclic amines) is 1. The first-order valence-corrected chi connectivity index (χ1v) is 7.63. The number of benzene rings is 1. The van der Waals surface area contributed by atoms with Crippen molar-refractivity contribution in [3.05, 3.63) is 35.4 Å². The number of carboxylic acids is 1. The van der Waals surface area contributed by atoms with E-state index in [1.54, 1.807) is 0 Å². The molecule has 1 aliphatic heterocycles. The Balaban J connectivity index is 1.94. The van der Waals surface area contributed by atoms with Crippen LogP contribution in [0, 0.1) is 5.92 Å². The van der Waals surface area contributed by atoms with Gasteiger partial charge in [0.05, 0.1) is 12.0 Å². The Hall–Kier alpha value is -1.84. The maximum absolute atomic E-state index is 12.2. The smallest absolute Gasteiger partial charge is 0.309 e. The summed E-state index contributed by atoms with van der Waals surface area (Å²) in [4.78, 5) is 25.5. The minimum atomic E-state index is -0.871. The van der Waals surface area contributed by atoms with Crippen LogP contribution in [0.1, 0.15) is 56.2 Å². The summed E-state index contributed by atoms with van der Waals surface area (Å²) < 4.78 is 0. The van der Waals surface area contributed by atoms with Crippen LogP contribution >= 0.6 is 0 Å². The molecule has 1 aromatic carbocycles. The third kappa shape index (κ3) is 2.55. The quantitative estimate of drug-likeness (QED) is 0.926. The predicted octanol–water partition coefficient (Wildman–Crippen LogP) is 2.95. The van der Waals surface area contributed by atoms with Gasteiger partial charge in [0.2, 0.25) is 5.91 Å². The van der Waals surface area contributed by atoms with E-state index < -0.39 is 11.9 Å². The molecule has 0 spiro atoms. The SMILES string of the molecule is CC(C)c1ccc(C2C(C(=O)O)CC(=O)N2C2CC2)cc1. The van der Waals surface area contributed by atoms with E-state index in [1.165, 1.54) is 5.56 Å². The highest BCUT2D eigenvalue weighted by Crippen LogP contribution is 2.45. The third-order valence-corrected chi connectivity index (χ3v) is 4.57. The monoisotopic (exact) mass is 287 g/mol. The van der Waals surface area contributed by atoms with Gasteiger partial charge in [-0.25, -0.2) is 0 Å². The highest BCUT2D eigenvalue weighted by Gasteiger charge is 2.49. The Morgan fingerprint density at radius 3 is 2.33 bits per heavy atom. The molecule has 1 amide bonds. The fraction of sp³-hybridized carbons (Fsp3) is 0.529. The third-order valence-electron chi connectivity index (χ3n) is 4.57. The van der Waals surface area contributed by atoms with E-state index in [0.29, 0.717) is 5.92 Å². The second-order valence-corrected chi connectivity index (χ2v) is 6.45. The molecule has 2 unspecified atom stereocenters. The van der Waals surface area contributed by atoms with Crippen LogP contribution in [0.25, 0.3) is 0 Å². The van der Waals surface area contributed by atoms with Crippen LogP contribution in [0.2, 0.25) is 0 Å². The summed E-state index contributed by atoms with van der Waals surface area (Å²) in [6.45, 7) is 4.26. The standard InChI is InChI=1S/C17H21NO3/c1-10(2)11-3-5-12(6-4-11)16-14(17(20)21)9-15(19)18(16)13-7-8-13/h3-6,10,13-14,16H,7-9H2,1-2H3,(H,20,21). The van der Waals surface area contributed by atoms with E-state index in [-0.39, 0.29) is 24.4 Å². The van der Waals surface area contributed by atoms with Crippen LogP contribution in [0.4, 0.5) is 0 Å². The topological polar surface area (TPSA) is 57.6 Å². The molecule has 1 aromatic rings. The number of carbonyl (C=O) groups excluding carboxylic acids is 1. The van der Waals surface area contributed by atoms with Gasteiger partial charge in [-0.1, -0.05) is 38.1 Å². The highest BCUT2D eigenvalue weighted by atomic mass is 16.4. The Kier molecular flexibility index (Phi) is 3.47. The summed E-state index contributed by atoms with van der Waals surface area (Å²) in [6.07, 6.45) is 2.12. The molecule has 0 radical (unpaired) electrons. The molecule has 0 bridgehead atoms. The second kappa shape index (κ2) is 5.17. The molecule has 1 saturated heterocycles. The van der Waals surface area contributed by atoms with E-state index in [1.807, 2.05) is 29.2 Å². The van der Waals surface area contributed by atoms with Gasteiger partial charge in [-0.3, -0.25) is 9.59 Å². The average Bonchev–Trinajstić information content (AvgIpc) is 3.21. The average molecular weight is 287 g/mol. The molecule has 3 rings (SSSR count). The highest BCUT2D eigenvalue weighted by molar-refractivity contribution is 5.87. The fourth-order valence-electron chi connectivity index (χ4n) is 3.23. The Bertz CT molecular complexity index is 560. The number of nitrogens with zero attached hydrogens (tertiary/aromatic N) is 1. The molecule has 2 atom stereocenters. The first-order valence-electron chi connectivity index (χ1n) is 7.63. The summed E-state index contributed by atoms with van der Waals surface area (Å²) in [5, 5.41) is 9.45. The summed E-state index contributed by atoms with van der Waals surface area (Å²) in [5.41, 5.74) is 2.18. The van der Waals surface area contributed by atoms with Crippen LogP contribution in [-0.2, 0) is 9.59 Å². The maximum atomic E-state index is 12.2. The molecule has 4 nitrogen and oxygen atoms in total. The molecular formula is C17H21NO3. The van der Waals surface area contributed by atoms with Crippen molar-refractivity contribution in [1.82, 2.24) is 4.90 Å². The van der Waals surface area contributed by atoms with Gasteiger partial charge in [-0.15, -0.1) is 0 Å². The van der Waals surface area contributed by atoms with Gasteiger partial charge in [0.1, 0.15) is 0 Å². The molecule has 1 N–H and O–H groups in total. The lowest BCUT2D eigenvalue weighted by atomic mass is 9.92. The van der Waals surface area contributed by atoms with E-state index >= 15 is 0 Å². The number of aliphatic carboxylic acids is 1. The van der Waals surface area contributed by atoms with Gasteiger partial charge >= 0.3 is 5.97 Å². The Morgan fingerprint density at radius 2 is 1.86 bits per heavy atom. The van der Waals surface area contributed by atoms with Crippen LogP contribution in [-0.4, -0.2) is 27.9 Å². The van der Waals surface area contributed by atoms with Crippen LogP contribution < -0.4 is 0 Å². The Labute approximate surface area is 124 Å². The van der Waals surface area contributed by atoms with Gasteiger partial charge < -0.3 is 10.0 Å². The first kappa shape index (κ1) is 14.1. The summed E-state index contributed by atoms with van der Waals surface area (Å²) >= 11 is 0. The number of amides is 1. The lowest BCUT2D eigenvalue weighted by Crippen LogP contribution is -2.32. The number of hydrogen-bond donors (Lipinski definition) is 1. The van der Waals surface area contributed by atoms with Gasteiger partial charge in [-0.05, 0) is 29.9 Å². The van der Waals surface area contributed by atoms with Gasteiger partial charge in [-0.2, -0.15) is 0 Å². The van der Waals surface area contributed by atoms with Crippen molar-refractivity contribution >= 4 is 11.9 Å². The zero-order chi connectivity index (χ0) is 15.1. The maximum Gasteiger partial charge on any atom is 0.309 e. The van der Waals surface area contributed by atoms with Crippen molar-refractivity contribution in [3.63, 3.8) is 0 Å². The Morgan fingerprint density at radius 1 is 1.24 bits per heavy atom. The molecule has 0 aromatic heterocycles. The molecule has 21 heavy (non-hydrogen) atoms. The van der Waals surface area contributed by atoms with Gasteiger partial charge in [0.15, 0.2) is 0 Å². The predicted molar refractivity (Wildman–Crippen MR) is 78.9 cm³/mol. The second-order valence-electron chi connectivity index (χ2n) is 6.45. The van der Waals surface area contributed by atoms with Crippen molar-refractivity contribution < 1.29 is 14.7 Å². The van der Waals surface area contributed by atoms with E-state index in [2.05, 4.69) is 13.8 Å². The van der Waals surface area contributed by atoms with E-state index in [9.17, 15) is 14.7 Å². The van der Waals surface area contributed by atoms with Crippen molar-refractivity contribution in [2.45, 2.75) is 51.1 Å². The van der Waals surface area contributed by atoms with Gasteiger partial charge in [0, 0.05) is 12.5 Å². The normalized spacial score (nSPS) is 25.7. The zero-order valence-electron chi connectivity index (χ0n) is 12.5. The van der Waals surface area contributed by atoms with Gasteiger partial charge in [0.25, 0.3) is 0 Å².